The van der Waals surface area contributed by atoms with E-state index in [0.717, 1.165) is 45.2 Å². The van der Waals surface area contributed by atoms with Gasteiger partial charge in [0.15, 0.2) is 0 Å². The van der Waals surface area contributed by atoms with Crippen LogP contribution < -0.4 is 4.74 Å². The molecule has 0 saturated heterocycles. The van der Waals surface area contributed by atoms with Crippen LogP contribution >= 0.6 is 0 Å². The number of hydrogen-bond donors (Lipinski definition) is 1. The van der Waals surface area contributed by atoms with Crippen molar-refractivity contribution < 1.29 is 24.2 Å². The SMILES string of the molecule is CCCCOC(=O)c1cc(Oc2ccc(C(C)(C)C)cc2)c2c3cccc4cccc(c5ccc(C(=O)O)c1c52)c43. The second-order valence-electron chi connectivity index (χ2n) is 11.6. The molecule has 0 amide bonds. The number of esters is 1. The lowest BCUT2D eigenvalue weighted by Gasteiger charge is -2.21. The molecule has 6 rings (SSSR count). The smallest absolute Gasteiger partial charge is 0.338 e. The average molecular weight is 545 g/mol. The molecule has 5 heteroatoms. The van der Waals surface area contributed by atoms with Crippen LogP contribution in [-0.2, 0) is 10.2 Å². The molecule has 6 aromatic carbocycles. The third kappa shape index (κ3) is 4.51. The van der Waals surface area contributed by atoms with Crippen molar-refractivity contribution in [3.63, 3.8) is 0 Å². The molecule has 0 aromatic heterocycles. The zero-order valence-corrected chi connectivity index (χ0v) is 23.7. The third-order valence-electron chi connectivity index (χ3n) is 7.84. The van der Waals surface area contributed by atoms with Crippen LogP contribution in [0.4, 0.5) is 0 Å². The minimum absolute atomic E-state index is 0.00954. The van der Waals surface area contributed by atoms with Crippen LogP contribution in [0.25, 0.3) is 43.1 Å². The lowest BCUT2D eigenvalue weighted by Crippen LogP contribution is -2.11. The van der Waals surface area contributed by atoms with Crippen molar-refractivity contribution in [3.8, 4) is 11.5 Å². The average Bonchev–Trinajstić information content (AvgIpc) is 2.95. The van der Waals surface area contributed by atoms with Crippen molar-refractivity contribution in [2.24, 2.45) is 0 Å². The van der Waals surface area contributed by atoms with E-state index in [-0.39, 0.29) is 23.1 Å². The number of unbranched alkanes of at least 4 members (excludes halogenated alkanes) is 1. The monoisotopic (exact) mass is 544 g/mol. The molecule has 0 atom stereocenters. The van der Waals surface area contributed by atoms with Crippen molar-refractivity contribution >= 4 is 55.0 Å². The van der Waals surface area contributed by atoms with Gasteiger partial charge in [0.2, 0.25) is 0 Å². The molecule has 1 N–H and O–H groups in total. The fraction of sp³-hybridized carbons (Fsp3) is 0.222. The molecule has 0 aliphatic carbocycles. The number of aromatic carboxylic acids is 1. The fourth-order valence-corrected chi connectivity index (χ4v) is 5.76. The summed E-state index contributed by atoms with van der Waals surface area (Å²) < 4.78 is 12.2. The molecule has 5 nitrogen and oxygen atoms in total. The summed E-state index contributed by atoms with van der Waals surface area (Å²) in [5, 5.41) is 17.0. The van der Waals surface area contributed by atoms with Gasteiger partial charge in [0, 0.05) is 16.2 Å². The largest absolute Gasteiger partial charge is 0.478 e. The number of carboxylic acid groups (broad SMARTS) is 1. The Balaban J connectivity index is 1.71. The molecule has 0 radical (unpaired) electrons. The quantitative estimate of drug-likeness (QED) is 0.0938. The van der Waals surface area contributed by atoms with Crippen molar-refractivity contribution in [1.29, 1.82) is 0 Å². The van der Waals surface area contributed by atoms with Gasteiger partial charge in [-0.15, -0.1) is 0 Å². The van der Waals surface area contributed by atoms with Gasteiger partial charge in [-0.25, -0.2) is 9.59 Å². The standard InChI is InChI=1S/C36H32O5/c1-5-6-19-40-35(39)28-20-29(41-23-15-13-22(14-16-23)36(2,3)4)32-26-12-8-10-21-9-7-11-24(30(21)26)25-17-18-27(34(37)38)31(28)33(25)32/h7-18,20H,5-6,19H2,1-4H3,(H,37,38). The van der Waals surface area contributed by atoms with Crippen LogP contribution in [0.3, 0.4) is 0 Å². The number of rotatable bonds is 7. The molecule has 0 aliphatic rings. The highest BCUT2D eigenvalue weighted by Gasteiger charge is 2.26. The van der Waals surface area contributed by atoms with Crippen LogP contribution in [0.1, 0.15) is 66.8 Å². The Hall–Kier alpha value is -4.64. The number of fused-ring (bicyclic) bond motifs is 2. The predicted molar refractivity (Wildman–Crippen MR) is 165 cm³/mol. The Labute approximate surface area is 238 Å². The Kier molecular flexibility index (Phi) is 6.53. The minimum Gasteiger partial charge on any atom is -0.478 e. The van der Waals surface area contributed by atoms with Crippen molar-refractivity contribution in [3.05, 3.63) is 95.6 Å². The lowest BCUT2D eigenvalue weighted by molar-refractivity contribution is 0.0501. The normalized spacial score (nSPS) is 12.0. The zero-order chi connectivity index (χ0) is 28.9. The number of carbonyl (C=O) groups is 2. The highest BCUT2D eigenvalue weighted by Crippen LogP contribution is 2.47. The molecule has 0 bridgehead atoms. The van der Waals surface area contributed by atoms with Gasteiger partial charge in [-0.1, -0.05) is 88.7 Å². The lowest BCUT2D eigenvalue weighted by atomic mass is 9.86. The summed E-state index contributed by atoms with van der Waals surface area (Å²) in [5.74, 6) is -0.557. The fourth-order valence-electron chi connectivity index (χ4n) is 5.76. The summed E-state index contributed by atoms with van der Waals surface area (Å²) in [6.45, 7) is 8.76. The van der Waals surface area contributed by atoms with Gasteiger partial charge in [-0.2, -0.15) is 0 Å². The van der Waals surface area contributed by atoms with E-state index in [4.69, 9.17) is 9.47 Å². The van der Waals surface area contributed by atoms with E-state index in [0.29, 0.717) is 22.3 Å². The first-order valence-corrected chi connectivity index (χ1v) is 14.0. The van der Waals surface area contributed by atoms with E-state index < -0.39 is 11.9 Å². The molecule has 0 fully saturated rings. The molecule has 41 heavy (non-hydrogen) atoms. The van der Waals surface area contributed by atoms with E-state index in [9.17, 15) is 14.7 Å². The molecule has 6 aromatic rings. The van der Waals surface area contributed by atoms with E-state index in [1.54, 1.807) is 12.1 Å². The summed E-state index contributed by atoms with van der Waals surface area (Å²) in [4.78, 5) is 26.1. The first-order valence-electron chi connectivity index (χ1n) is 14.0. The maximum Gasteiger partial charge on any atom is 0.338 e. The summed E-state index contributed by atoms with van der Waals surface area (Å²) in [7, 11) is 0. The second kappa shape index (κ2) is 10.1. The molecule has 0 spiro atoms. The van der Waals surface area contributed by atoms with Crippen LogP contribution in [0.5, 0.6) is 11.5 Å². The first kappa shape index (κ1) is 26.6. The van der Waals surface area contributed by atoms with Crippen molar-refractivity contribution in [2.45, 2.75) is 46.0 Å². The molecular weight excluding hydrogens is 512 g/mol. The summed E-state index contributed by atoms with van der Waals surface area (Å²) in [6.07, 6.45) is 1.59. The number of hydrogen-bond acceptors (Lipinski definition) is 4. The molecule has 206 valence electrons. The molecule has 0 unspecified atom stereocenters. The van der Waals surface area contributed by atoms with Crippen LogP contribution in [-0.4, -0.2) is 23.7 Å². The Morgan fingerprint density at radius 2 is 1.44 bits per heavy atom. The van der Waals surface area contributed by atoms with Gasteiger partial charge in [-0.3, -0.25) is 0 Å². The van der Waals surface area contributed by atoms with Crippen molar-refractivity contribution in [1.82, 2.24) is 0 Å². The summed E-state index contributed by atoms with van der Waals surface area (Å²) in [6, 6.07) is 25.3. The first-order chi connectivity index (χ1) is 19.7. The van der Waals surface area contributed by atoms with E-state index in [1.165, 1.54) is 5.56 Å². The second-order valence-corrected chi connectivity index (χ2v) is 11.6. The Morgan fingerprint density at radius 1 is 0.756 bits per heavy atom. The predicted octanol–water partition coefficient (Wildman–Crippen LogP) is 9.48. The number of benzene rings is 6. The Bertz CT molecular complexity index is 1940. The third-order valence-corrected chi connectivity index (χ3v) is 7.84. The molecule has 0 aliphatic heterocycles. The van der Waals surface area contributed by atoms with Gasteiger partial charge >= 0.3 is 11.9 Å². The van der Waals surface area contributed by atoms with Gasteiger partial charge in [0.25, 0.3) is 0 Å². The van der Waals surface area contributed by atoms with Gasteiger partial charge in [0.05, 0.1) is 17.7 Å². The highest BCUT2D eigenvalue weighted by molar-refractivity contribution is 6.37. The maximum absolute atomic E-state index is 13.6. The van der Waals surface area contributed by atoms with Gasteiger partial charge in [0.1, 0.15) is 11.5 Å². The molecule has 0 heterocycles. The maximum atomic E-state index is 13.6. The number of ether oxygens (including phenoxy) is 2. The van der Waals surface area contributed by atoms with Crippen LogP contribution in [0, 0.1) is 0 Å². The van der Waals surface area contributed by atoms with E-state index in [1.807, 2.05) is 61.5 Å². The van der Waals surface area contributed by atoms with Crippen LogP contribution in [0.2, 0.25) is 0 Å². The van der Waals surface area contributed by atoms with Gasteiger partial charge < -0.3 is 14.6 Å². The minimum atomic E-state index is -1.10. The van der Waals surface area contributed by atoms with E-state index in [2.05, 4.69) is 32.9 Å². The van der Waals surface area contributed by atoms with Gasteiger partial charge in [-0.05, 0) is 68.6 Å². The Morgan fingerprint density at radius 3 is 2.10 bits per heavy atom. The van der Waals surface area contributed by atoms with E-state index >= 15 is 0 Å². The van der Waals surface area contributed by atoms with Crippen molar-refractivity contribution in [2.75, 3.05) is 6.61 Å². The molecule has 0 saturated carbocycles. The summed E-state index contributed by atoms with van der Waals surface area (Å²) in [5.41, 5.74) is 1.41. The summed E-state index contributed by atoms with van der Waals surface area (Å²) >= 11 is 0. The van der Waals surface area contributed by atoms with Crippen LogP contribution in [0.15, 0.2) is 78.9 Å². The number of carbonyl (C=O) groups excluding carboxylic acids is 1. The topological polar surface area (TPSA) is 72.8 Å². The molecular formula is C36H32O5. The number of carboxylic acids is 1. The highest BCUT2D eigenvalue weighted by atomic mass is 16.5. The zero-order valence-electron chi connectivity index (χ0n) is 23.7.